The van der Waals surface area contributed by atoms with Crippen molar-refractivity contribution in [3.8, 4) is 0 Å². The Bertz CT molecular complexity index is 320. The lowest BCUT2D eigenvalue weighted by atomic mass is 10.2. The van der Waals surface area contributed by atoms with E-state index in [1.54, 1.807) is 0 Å². The molecule has 0 atom stereocenters. The van der Waals surface area contributed by atoms with Crippen molar-refractivity contribution < 1.29 is 21.9 Å². The zero-order valence-electron chi connectivity index (χ0n) is 9.32. The van der Waals surface area contributed by atoms with Crippen LogP contribution in [0.3, 0.4) is 0 Å². The minimum absolute atomic E-state index is 0.00910. The monoisotopic (exact) mass is 291 g/mol. The predicted octanol–water partition coefficient (Wildman–Crippen LogP) is 1.30. The van der Waals surface area contributed by atoms with E-state index in [2.05, 4.69) is 0 Å². The largest absolute Gasteiger partial charge is 0.381 e. The van der Waals surface area contributed by atoms with Crippen LogP contribution in [0.4, 0.5) is 8.78 Å². The molecule has 0 aromatic rings. The summed E-state index contributed by atoms with van der Waals surface area (Å²) in [7, 11) is -3.69. The number of hydrogen-bond donors (Lipinski definition) is 0. The molecule has 1 saturated heterocycles. The van der Waals surface area contributed by atoms with Crippen LogP contribution in [0.15, 0.2) is 0 Å². The molecule has 0 spiro atoms. The summed E-state index contributed by atoms with van der Waals surface area (Å²) in [4.78, 5) is 0. The van der Waals surface area contributed by atoms with Gasteiger partial charge in [-0.05, 0) is 12.8 Å². The number of sulfonamides is 1. The van der Waals surface area contributed by atoms with Crippen LogP contribution in [0.25, 0.3) is 0 Å². The number of hydrogen-bond acceptors (Lipinski definition) is 3. The first-order valence-electron chi connectivity index (χ1n) is 5.39. The summed E-state index contributed by atoms with van der Waals surface area (Å²) in [6.07, 6.45) is -1.98. The Morgan fingerprint density at radius 3 is 2.41 bits per heavy atom. The first kappa shape index (κ1) is 15.1. The Kier molecular flexibility index (Phi) is 6.05. The Labute approximate surface area is 105 Å². The van der Waals surface area contributed by atoms with E-state index in [-0.39, 0.29) is 12.4 Å². The van der Waals surface area contributed by atoms with Crippen LogP contribution in [0, 0.1) is 0 Å². The summed E-state index contributed by atoms with van der Waals surface area (Å²) < 4.78 is 54.7. The van der Waals surface area contributed by atoms with Gasteiger partial charge in [-0.2, -0.15) is 4.31 Å². The van der Waals surface area contributed by atoms with E-state index in [0.717, 1.165) is 4.31 Å². The van der Waals surface area contributed by atoms with Crippen LogP contribution >= 0.6 is 11.6 Å². The molecule has 0 aromatic carbocycles. The average Bonchev–Trinajstić information content (AvgIpc) is 2.29. The molecule has 0 saturated carbocycles. The quantitative estimate of drug-likeness (QED) is 0.693. The van der Waals surface area contributed by atoms with Gasteiger partial charge in [0.2, 0.25) is 10.0 Å². The van der Waals surface area contributed by atoms with E-state index in [4.69, 9.17) is 16.3 Å². The van der Waals surface area contributed by atoms with E-state index in [1.165, 1.54) is 0 Å². The number of ether oxygens (including phenoxy) is 1. The summed E-state index contributed by atoms with van der Waals surface area (Å²) in [5.74, 6) is 0.00910. The standard InChI is InChI=1S/C9H16ClF2NO3S/c10-3-4-13(7-9(11)12)17(14,15)8-1-5-16-6-2-8/h8-9H,1-7H2. The van der Waals surface area contributed by atoms with E-state index < -0.39 is 28.2 Å². The molecule has 1 aliphatic rings. The highest BCUT2D eigenvalue weighted by molar-refractivity contribution is 7.89. The molecular formula is C9H16ClF2NO3S. The van der Waals surface area contributed by atoms with Gasteiger partial charge in [0.15, 0.2) is 0 Å². The van der Waals surface area contributed by atoms with Crippen molar-refractivity contribution in [3.63, 3.8) is 0 Å². The molecular weight excluding hydrogens is 276 g/mol. The molecule has 0 amide bonds. The lowest BCUT2D eigenvalue weighted by Crippen LogP contribution is -2.44. The topological polar surface area (TPSA) is 46.6 Å². The first-order chi connectivity index (χ1) is 7.98. The summed E-state index contributed by atoms with van der Waals surface area (Å²) in [5.41, 5.74) is 0. The van der Waals surface area contributed by atoms with Crippen molar-refractivity contribution in [2.24, 2.45) is 0 Å². The van der Waals surface area contributed by atoms with E-state index in [9.17, 15) is 17.2 Å². The lowest BCUT2D eigenvalue weighted by Gasteiger charge is -2.29. The first-order valence-corrected chi connectivity index (χ1v) is 7.43. The molecule has 0 aromatic heterocycles. The van der Waals surface area contributed by atoms with Crippen LogP contribution in [0.2, 0.25) is 0 Å². The van der Waals surface area contributed by atoms with Crippen LogP contribution < -0.4 is 0 Å². The Hall–Kier alpha value is 0.0200. The molecule has 1 heterocycles. The second kappa shape index (κ2) is 6.82. The van der Waals surface area contributed by atoms with Gasteiger partial charge >= 0.3 is 0 Å². The number of nitrogens with zero attached hydrogens (tertiary/aromatic N) is 1. The smallest absolute Gasteiger partial charge is 0.252 e. The summed E-state index contributed by atoms with van der Waals surface area (Å²) >= 11 is 5.45. The van der Waals surface area contributed by atoms with Gasteiger partial charge < -0.3 is 4.74 Å². The van der Waals surface area contributed by atoms with Gasteiger partial charge in [-0.15, -0.1) is 11.6 Å². The molecule has 0 N–H and O–H groups in total. The third-order valence-electron chi connectivity index (χ3n) is 2.63. The van der Waals surface area contributed by atoms with Crippen molar-refractivity contribution in [1.29, 1.82) is 0 Å². The maximum atomic E-state index is 12.3. The second-order valence-electron chi connectivity index (χ2n) is 3.79. The maximum absolute atomic E-state index is 12.3. The molecule has 1 aliphatic heterocycles. The summed E-state index contributed by atoms with van der Waals surface area (Å²) in [6.45, 7) is -0.154. The van der Waals surface area contributed by atoms with Gasteiger partial charge in [0.05, 0.1) is 11.8 Å². The number of halogens is 3. The third kappa shape index (κ3) is 4.31. The van der Waals surface area contributed by atoms with Crippen molar-refractivity contribution in [2.75, 3.05) is 32.2 Å². The molecule has 0 unspecified atom stereocenters. The van der Waals surface area contributed by atoms with E-state index in [1.807, 2.05) is 0 Å². The zero-order valence-corrected chi connectivity index (χ0v) is 10.9. The van der Waals surface area contributed by atoms with Crippen molar-refractivity contribution in [3.05, 3.63) is 0 Å². The highest BCUT2D eigenvalue weighted by atomic mass is 35.5. The van der Waals surface area contributed by atoms with Gasteiger partial charge in [-0.25, -0.2) is 17.2 Å². The molecule has 8 heteroatoms. The normalized spacial score (nSPS) is 19.1. The molecule has 17 heavy (non-hydrogen) atoms. The molecule has 1 fully saturated rings. The SMILES string of the molecule is O=S(=O)(C1CCOCC1)N(CCCl)CC(F)F. The highest BCUT2D eigenvalue weighted by Gasteiger charge is 2.34. The molecule has 1 rings (SSSR count). The van der Waals surface area contributed by atoms with Gasteiger partial charge in [0.1, 0.15) is 0 Å². The number of alkyl halides is 3. The fraction of sp³-hybridized carbons (Fsp3) is 1.00. The summed E-state index contributed by atoms with van der Waals surface area (Å²) in [5, 5.41) is -0.627. The van der Waals surface area contributed by atoms with Gasteiger partial charge in [-0.3, -0.25) is 0 Å². The maximum Gasteiger partial charge on any atom is 0.252 e. The van der Waals surface area contributed by atoms with Crippen LogP contribution in [-0.2, 0) is 14.8 Å². The van der Waals surface area contributed by atoms with Crippen molar-refractivity contribution >= 4 is 21.6 Å². The van der Waals surface area contributed by atoms with Crippen LogP contribution in [0.1, 0.15) is 12.8 Å². The van der Waals surface area contributed by atoms with Crippen molar-refractivity contribution in [1.82, 2.24) is 4.31 Å². The van der Waals surface area contributed by atoms with Gasteiger partial charge in [0, 0.05) is 25.6 Å². The van der Waals surface area contributed by atoms with Crippen LogP contribution in [0.5, 0.6) is 0 Å². The van der Waals surface area contributed by atoms with Crippen LogP contribution in [-0.4, -0.2) is 56.6 Å². The Balaban J connectivity index is 2.74. The molecule has 0 radical (unpaired) electrons. The van der Waals surface area contributed by atoms with Gasteiger partial charge in [0.25, 0.3) is 6.43 Å². The zero-order chi connectivity index (χ0) is 12.9. The predicted molar refractivity (Wildman–Crippen MR) is 61.1 cm³/mol. The summed E-state index contributed by atoms with van der Waals surface area (Å²) in [6, 6.07) is 0. The van der Waals surface area contributed by atoms with E-state index >= 15 is 0 Å². The lowest BCUT2D eigenvalue weighted by molar-refractivity contribution is 0.0947. The highest BCUT2D eigenvalue weighted by Crippen LogP contribution is 2.20. The van der Waals surface area contributed by atoms with Gasteiger partial charge in [-0.1, -0.05) is 0 Å². The van der Waals surface area contributed by atoms with Crippen molar-refractivity contribution in [2.45, 2.75) is 24.5 Å². The fourth-order valence-corrected chi connectivity index (χ4v) is 3.94. The second-order valence-corrected chi connectivity index (χ2v) is 6.39. The minimum Gasteiger partial charge on any atom is -0.381 e. The number of rotatable bonds is 6. The molecule has 0 aliphatic carbocycles. The molecule has 0 bridgehead atoms. The van der Waals surface area contributed by atoms with E-state index in [0.29, 0.717) is 26.1 Å². The fourth-order valence-electron chi connectivity index (χ4n) is 1.76. The average molecular weight is 292 g/mol. The molecule has 4 nitrogen and oxygen atoms in total. The minimum atomic E-state index is -3.69. The Morgan fingerprint density at radius 1 is 1.35 bits per heavy atom. The Morgan fingerprint density at radius 2 is 1.94 bits per heavy atom. The third-order valence-corrected chi connectivity index (χ3v) is 5.16. The molecule has 102 valence electrons.